The van der Waals surface area contributed by atoms with Crippen molar-refractivity contribution >= 4 is 5.78 Å². The highest BCUT2D eigenvalue weighted by Gasteiger charge is 2.11. The highest BCUT2D eigenvalue weighted by Crippen LogP contribution is 2.15. The van der Waals surface area contributed by atoms with Crippen LogP contribution < -0.4 is 0 Å². The van der Waals surface area contributed by atoms with Crippen molar-refractivity contribution in [3.05, 3.63) is 35.4 Å². The average Bonchev–Trinajstić information content (AvgIpc) is 2.28. The Bertz CT molecular complexity index is 365. The molecular weight excluding hydrogens is 210 g/mol. The Morgan fingerprint density at radius 2 is 1.65 bits per heavy atom. The third kappa shape index (κ3) is 3.97. The lowest BCUT2D eigenvalue weighted by molar-refractivity contribution is 0.0929. The van der Waals surface area contributed by atoms with Crippen molar-refractivity contribution in [1.82, 2.24) is 4.90 Å². The van der Waals surface area contributed by atoms with Gasteiger partial charge in [-0.3, -0.25) is 9.69 Å². The highest BCUT2D eigenvalue weighted by atomic mass is 16.1. The van der Waals surface area contributed by atoms with Gasteiger partial charge in [-0.2, -0.15) is 0 Å². The number of ketones is 1. The summed E-state index contributed by atoms with van der Waals surface area (Å²) in [6.07, 6.45) is 0. The van der Waals surface area contributed by atoms with Crippen molar-refractivity contribution in [3.8, 4) is 0 Å². The van der Waals surface area contributed by atoms with E-state index in [0.717, 1.165) is 5.56 Å². The van der Waals surface area contributed by atoms with Gasteiger partial charge in [-0.1, -0.05) is 38.1 Å². The maximum atomic E-state index is 12.0. The lowest BCUT2D eigenvalue weighted by atomic mass is 10.0. The van der Waals surface area contributed by atoms with Gasteiger partial charge in [0.25, 0.3) is 0 Å². The summed E-state index contributed by atoms with van der Waals surface area (Å²) in [5.74, 6) is 0.703. The second kappa shape index (κ2) is 5.97. The lowest BCUT2D eigenvalue weighted by Gasteiger charge is -2.19. The minimum Gasteiger partial charge on any atom is -0.296 e. The third-order valence-corrected chi connectivity index (χ3v) is 3.17. The van der Waals surface area contributed by atoms with E-state index in [9.17, 15) is 4.79 Å². The zero-order valence-electron chi connectivity index (χ0n) is 11.5. The molecule has 0 N–H and O–H groups in total. The predicted octanol–water partition coefficient (Wildman–Crippen LogP) is 3.33. The molecule has 0 heterocycles. The minimum absolute atomic E-state index is 0.191. The van der Waals surface area contributed by atoms with Crippen LogP contribution in [0.25, 0.3) is 0 Å². The number of hydrogen-bond acceptors (Lipinski definition) is 2. The van der Waals surface area contributed by atoms with Gasteiger partial charge < -0.3 is 0 Å². The van der Waals surface area contributed by atoms with E-state index in [1.165, 1.54) is 5.56 Å². The molecule has 1 aromatic carbocycles. The molecule has 1 rings (SSSR count). The van der Waals surface area contributed by atoms with Gasteiger partial charge >= 0.3 is 0 Å². The predicted molar refractivity (Wildman–Crippen MR) is 72.6 cm³/mol. The number of hydrogen-bond donors (Lipinski definition) is 0. The van der Waals surface area contributed by atoms with Crippen LogP contribution in [0.3, 0.4) is 0 Å². The fourth-order valence-electron chi connectivity index (χ4n) is 1.55. The first kappa shape index (κ1) is 13.9. The highest BCUT2D eigenvalue weighted by molar-refractivity contribution is 5.97. The topological polar surface area (TPSA) is 20.3 Å². The van der Waals surface area contributed by atoms with Crippen molar-refractivity contribution in [1.29, 1.82) is 0 Å². The molecule has 2 nitrogen and oxygen atoms in total. The van der Waals surface area contributed by atoms with Gasteiger partial charge in [0.05, 0.1) is 6.54 Å². The molecule has 0 atom stereocenters. The molecule has 0 radical (unpaired) electrons. The third-order valence-electron chi connectivity index (χ3n) is 3.17. The van der Waals surface area contributed by atoms with Crippen molar-refractivity contribution in [2.45, 2.75) is 39.7 Å². The van der Waals surface area contributed by atoms with Crippen LogP contribution in [0.4, 0.5) is 0 Å². The molecule has 0 fully saturated rings. The average molecular weight is 233 g/mol. The molecule has 0 saturated heterocycles. The number of nitrogens with zero attached hydrogens (tertiary/aromatic N) is 1. The molecular formula is C15H23NO. The van der Waals surface area contributed by atoms with Crippen molar-refractivity contribution in [3.63, 3.8) is 0 Å². The van der Waals surface area contributed by atoms with Crippen LogP contribution in [0.5, 0.6) is 0 Å². The number of likely N-dealkylation sites (N-methyl/N-ethyl adjacent to an activating group) is 1. The van der Waals surface area contributed by atoms with Gasteiger partial charge in [0.2, 0.25) is 0 Å². The molecule has 0 spiro atoms. The Balaban J connectivity index is 2.70. The molecule has 94 valence electrons. The Labute approximate surface area is 105 Å². The van der Waals surface area contributed by atoms with Crippen LogP contribution in [-0.4, -0.2) is 30.3 Å². The largest absolute Gasteiger partial charge is 0.296 e. The summed E-state index contributed by atoms with van der Waals surface area (Å²) in [5.41, 5.74) is 2.08. The second-order valence-corrected chi connectivity index (χ2v) is 5.21. The maximum Gasteiger partial charge on any atom is 0.176 e. The SMILES string of the molecule is CC(C)c1ccc(C(=O)CN(C)C(C)C)cc1. The normalized spacial score (nSPS) is 11.5. The van der Waals surface area contributed by atoms with Gasteiger partial charge in [0, 0.05) is 11.6 Å². The quantitative estimate of drug-likeness (QED) is 0.727. The molecule has 0 saturated carbocycles. The van der Waals surface area contributed by atoms with E-state index in [1.54, 1.807) is 0 Å². The number of carbonyl (C=O) groups excluding carboxylic acids is 1. The molecule has 0 unspecified atom stereocenters. The Kier molecular flexibility index (Phi) is 4.88. The molecule has 0 aliphatic heterocycles. The number of benzene rings is 1. The minimum atomic E-state index is 0.191. The smallest absolute Gasteiger partial charge is 0.176 e. The van der Waals surface area contributed by atoms with Crippen LogP contribution in [0.1, 0.15) is 49.5 Å². The van der Waals surface area contributed by atoms with E-state index < -0.39 is 0 Å². The Morgan fingerprint density at radius 1 is 1.12 bits per heavy atom. The van der Waals surface area contributed by atoms with E-state index >= 15 is 0 Å². The van der Waals surface area contributed by atoms with E-state index in [-0.39, 0.29) is 5.78 Å². The summed E-state index contributed by atoms with van der Waals surface area (Å²) >= 11 is 0. The number of Topliss-reactive ketones (excluding diaryl/α,β-unsaturated/α-hetero) is 1. The Morgan fingerprint density at radius 3 is 2.06 bits per heavy atom. The van der Waals surface area contributed by atoms with Crippen LogP contribution in [0, 0.1) is 0 Å². The Hall–Kier alpha value is -1.15. The van der Waals surface area contributed by atoms with Gasteiger partial charge in [-0.15, -0.1) is 0 Å². The van der Waals surface area contributed by atoms with Gasteiger partial charge in [0.1, 0.15) is 0 Å². The van der Waals surface area contributed by atoms with Gasteiger partial charge in [-0.05, 0) is 32.4 Å². The van der Waals surface area contributed by atoms with Crippen molar-refractivity contribution in [2.75, 3.05) is 13.6 Å². The zero-order valence-corrected chi connectivity index (χ0v) is 11.5. The maximum absolute atomic E-state index is 12.0. The molecule has 0 aromatic heterocycles. The van der Waals surface area contributed by atoms with E-state index in [2.05, 4.69) is 32.6 Å². The van der Waals surface area contributed by atoms with Crippen molar-refractivity contribution < 1.29 is 4.79 Å². The number of rotatable bonds is 5. The summed E-state index contributed by atoms with van der Waals surface area (Å²) in [6, 6.07) is 8.37. The fraction of sp³-hybridized carbons (Fsp3) is 0.533. The zero-order chi connectivity index (χ0) is 13.0. The van der Waals surface area contributed by atoms with E-state index in [0.29, 0.717) is 18.5 Å². The standard InChI is InChI=1S/C15H23NO/c1-11(2)13-6-8-14(9-7-13)15(17)10-16(5)12(3)4/h6-9,11-12H,10H2,1-5H3. The molecule has 0 amide bonds. The summed E-state index contributed by atoms with van der Waals surface area (Å²) in [5, 5.41) is 0. The van der Waals surface area contributed by atoms with Crippen LogP contribution in [0.15, 0.2) is 24.3 Å². The monoisotopic (exact) mass is 233 g/mol. The van der Waals surface area contributed by atoms with Crippen LogP contribution in [-0.2, 0) is 0 Å². The molecule has 2 heteroatoms. The van der Waals surface area contributed by atoms with Crippen LogP contribution >= 0.6 is 0 Å². The van der Waals surface area contributed by atoms with E-state index in [1.807, 2.05) is 31.3 Å². The molecule has 17 heavy (non-hydrogen) atoms. The van der Waals surface area contributed by atoms with Crippen LogP contribution in [0.2, 0.25) is 0 Å². The molecule has 0 aliphatic carbocycles. The first-order valence-corrected chi connectivity index (χ1v) is 6.25. The summed E-state index contributed by atoms with van der Waals surface area (Å²) in [7, 11) is 1.98. The van der Waals surface area contributed by atoms with Gasteiger partial charge in [-0.25, -0.2) is 0 Å². The molecule has 0 bridgehead atoms. The first-order valence-electron chi connectivity index (χ1n) is 6.25. The molecule has 0 aliphatic rings. The van der Waals surface area contributed by atoms with E-state index in [4.69, 9.17) is 0 Å². The van der Waals surface area contributed by atoms with Crippen molar-refractivity contribution in [2.24, 2.45) is 0 Å². The molecule has 1 aromatic rings. The number of carbonyl (C=O) groups is 1. The summed E-state index contributed by atoms with van der Waals surface area (Å²) in [4.78, 5) is 14.1. The summed E-state index contributed by atoms with van der Waals surface area (Å²) in [6.45, 7) is 8.98. The first-order chi connectivity index (χ1) is 7.91. The fourth-order valence-corrected chi connectivity index (χ4v) is 1.55. The summed E-state index contributed by atoms with van der Waals surface area (Å²) < 4.78 is 0. The lowest BCUT2D eigenvalue weighted by Crippen LogP contribution is -2.31. The van der Waals surface area contributed by atoms with Gasteiger partial charge in [0.15, 0.2) is 5.78 Å². The second-order valence-electron chi connectivity index (χ2n) is 5.21.